The van der Waals surface area contributed by atoms with E-state index in [4.69, 9.17) is 9.47 Å². The molecule has 0 N–H and O–H groups in total. The highest BCUT2D eigenvalue weighted by atomic mass is 16.5. The van der Waals surface area contributed by atoms with Gasteiger partial charge in [0.25, 0.3) is 0 Å². The van der Waals surface area contributed by atoms with E-state index in [2.05, 4.69) is 19.1 Å². The number of rotatable bonds is 7. The number of carbonyl (C=O) groups excluding carboxylic acids is 2. The second-order valence-electron chi connectivity index (χ2n) is 8.54. The third-order valence-corrected chi connectivity index (χ3v) is 5.87. The van der Waals surface area contributed by atoms with Crippen LogP contribution in [0.5, 0.6) is 5.75 Å². The number of carbonyl (C=O) groups is 2. The monoisotopic (exact) mass is 422 g/mol. The fraction of sp³-hybridized carbons (Fsp3) is 0.440. The Morgan fingerprint density at radius 2 is 1.84 bits per heavy atom. The molecule has 1 saturated carbocycles. The van der Waals surface area contributed by atoms with Crippen LogP contribution in [-0.4, -0.2) is 54.5 Å². The Morgan fingerprint density at radius 3 is 2.52 bits per heavy atom. The predicted octanol–water partition coefficient (Wildman–Crippen LogP) is 3.17. The van der Waals surface area contributed by atoms with Gasteiger partial charge in [0, 0.05) is 25.6 Å². The molecule has 1 atom stereocenters. The lowest BCUT2D eigenvalue weighted by atomic mass is 10.1. The molecule has 1 aliphatic heterocycles. The van der Waals surface area contributed by atoms with E-state index in [0.717, 1.165) is 29.7 Å². The van der Waals surface area contributed by atoms with Gasteiger partial charge in [0.05, 0.1) is 26.4 Å². The molecular weight excluding hydrogens is 392 g/mol. The van der Waals surface area contributed by atoms with E-state index in [-0.39, 0.29) is 30.4 Å². The molecule has 4 rings (SSSR count). The van der Waals surface area contributed by atoms with Gasteiger partial charge in [-0.2, -0.15) is 0 Å². The van der Waals surface area contributed by atoms with Crippen molar-refractivity contribution in [2.45, 2.75) is 39.0 Å². The van der Waals surface area contributed by atoms with Gasteiger partial charge in [-0.05, 0) is 43.0 Å². The van der Waals surface area contributed by atoms with E-state index in [0.29, 0.717) is 26.2 Å². The van der Waals surface area contributed by atoms with E-state index in [1.807, 2.05) is 41.3 Å². The SMILES string of the molecule is COc1ccc(CN2CC(OCc3cccc(C)c3)CN(C(=O)C3CC3)CC2=O)cc1. The van der Waals surface area contributed by atoms with E-state index < -0.39 is 0 Å². The second kappa shape index (κ2) is 9.52. The Balaban J connectivity index is 1.48. The van der Waals surface area contributed by atoms with Crippen LogP contribution in [0.2, 0.25) is 0 Å². The normalized spacial score (nSPS) is 19.3. The molecule has 2 aromatic carbocycles. The van der Waals surface area contributed by atoms with Gasteiger partial charge in [-0.25, -0.2) is 0 Å². The summed E-state index contributed by atoms with van der Waals surface area (Å²) in [5.41, 5.74) is 3.30. The Morgan fingerprint density at radius 1 is 1.06 bits per heavy atom. The second-order valence-corrected chi connectivity index (χ2v) is 8.54. The first kappa shape index (κ1) is 21.4. The van der Waals surface area contributed by atoms with Crippen molar-refractivity contribution in [3.63, 3.8) is 0 Å². The summed E-state index contributed by atoms with van der Waals surface area (Å²) < 4.78 is 11.5. The Bertz CT molecular complexity index is 923. The minimum absolute atomic E-state index is 0.0357. The zero-order chi connectivity index (χ0) is 21.8. The van der Waals surface area contributed by atoms with Crippen molar-refractivity contribution in [2.24, 2.45) is 5.92 Å². The number of amides is 2. The van der Waals surface area contributed by atoms with Gasteiger partial charge in [-0.3, -0.25) is 9.59 Å². The molecule has 6 heteroatoms. The summed E-state index contributed by atoms with van der Waals surface area (Å²) in [6.07, 6.45) is 1.62. The molecule has 1 aliphatic carbocycles. The molecule has 2 amide bonds. The molecule has 1 saturated heterocycles. The molecule has 0 spiro atoms. The number of aryl methyl sites for hydroxylation is 1. The number of hydrogen-bond acceptors (Lipinski definition) is 4. The summed E-state index contributed by atoms with van der Waals surface area (Å²) in [6, 6.07) is 15.9. The van der Waals surface area contributed by atoms with Crippen LogP contribution in [0.3, 0.4) is 0 Å². The molecule has 0 aromatic heterocycles. The number of hydrogen-bond donors (Lipinski definition) is 0. The number of benzene rings is 2. The number of nitrogens with zero attached hydrogens (tertiary/aromatic N) is 2. The number of ether oxygens (including phenoxy) is 2. The molecule has 1 heterocycles. The zero-order valence-electron chi connectivity index (χ0n) is 18.3. The molecule has 0 bridgehead atoms. The van der Waals surface area contributed by atoms with Crippen molar-refractivity contribution in [3.05, 3.63) is 65.2 Å². The summed E-state index contributed by atoms with van der Waals surface area (Å²) in [5.74, 6) is 0.917. The van der Waals surface area contributed by atoms with Gasteiger partial charge >= 0.3 is 0 Å². The van der Waals surface area contributed by atoms with Crippen molar-refractivity contribution < 1.29 is 19.1 Å². The van der Waals surface area contributed by atoms with Crippen LogP contribution < -0.4 is 4.74 Å². The maximum atomic E-state index is 13.0. The highest BCUT2D eigenvalue weighted by molar-refractivity contribution is 5.87. The van der Waals surface area contributed by atoms with Crippen LogP contribution in [0.1, 0.15) is 29.5 Å². The van der Waals surface area contributed by atoms with E-state index in [1.54, 1.807) is 12.0 Å². The van der Waals surface area contributed by atoms with Crippen LogP contribution in [-0.2, 0) is 27.5 Å². The van der Waals surface area contributed by atoms with Crippen LogP contribution in [0.15, 0.2) is 48.5 Å². The smallest absolute Gasteiger partial charge is 0.242 e. The van der Waals surface area contributed by atoms with Gasteiger partial charge in [0.1, 0.15) is 5.75 Å². The zero-order valence-corrected chi connectivity index (χ0v) is 18.3. The summed E-state index contributed by atoms with van der Waals surface area (Å²) in [4.78, 5) is 29.3. The van der Waals surface area contributed by atoms with Gasteiger partial charge < -0.3 is 19.3 Å². The summed E-state index contributed by atoms with van der Waals surface area (Å²) >= 11 is 0. The standard InChI is InChI=1S/C25H30N2O4/c1-18-4-3-5-20(12-18)17-31-23-14-26(13-19-6-10-22(30-2)11-7-19)24(28)16-27(15-23)25(29)21-8-9-21/h3-7,10-12,21,23H,8-9,13-17H2,1-2H3. The quantitative estimate of drug-likeness (QED) is 0.688. The Kier molecular flexibility index (Phi) is 6.56. The lowest BCUT2D eigenvalue weighted by Gasteiger charge is -2.25. The molecule has 164 valence electrons. The summed E-state index contributed by atoms with van der Waals surface area (Å²) in [7, 11) is 1.63. The van der Waals surface area contributed by atoms with E-state index in [1.165, 1.54) is 5.56 Å². The topological polar surface area (TPSA) is 59.1 Å². The molecule has 2 aromatic rings. The molecule has 1 unspecified atom stereocenters. The van der Waals surface area contributed by atoms with Crippen molar-refractivity contribution in [1.29, 1.82) is 0 Å². The lowest BCUT2D eigenvalue weighted by Crippen LogP contribution is -2.40. The largest absolute Gasteiger partial charge is 0.497 e. The first-order chi connectivity index (χ1) is 15.0. The maximum absolute atomic E-state index is 13.0. The average Bonchev–Trinajstić information content (AvgIpc) is 3.62. The van der Waals surface area contributed by atoms with Crippen LogP contribution >= 0.6 is 0 Å². The summed E-state index contributed by atoms with van der Waals surface area (Å²) in [5, 5.41) is 0. The van der Waals surface area contributed by atoms with Crippen molar-refractivity contribution in [2.75, 3.05) is 26.7 Å². The van der Waals surface area contributed by atoms with Gasteiger partial charge in [-0.1, -0.05) is 42.0 Å². The summed E-state index contributed by atoms with van der Waals surface area (Å²) in [6.45, 7) is 4.04. The lowest BCUT2D eigenvalue weighted by molar-refractivity contribution is -0.139. The van der Waals surface area contributed by atoms with Crippen molar-refractivity contribution >= 4 is 11.8 Å². The van der Waals surface area contributed by atoms with Crippen LogP contribution in [0, 0.1) is 12.8 Å². The Hall–Kier alpha value is -2.86. The van der Waals surface area contributed by atoms with Crippen molar-refractivity contribution in [3.8, 4) is 5.75 Å². The van der Waals surface area contributed by atoms with Crippen molar-refractivity contribution in [1.82, 2.24) is 9.80 Å². The van der Waals surface area contributed by atoms with Crippen LogP contribution in [0.4, 0.5) is 0 Å². The maximum Gasteiger partial charge on any atom is 0.242 e. The molecule has 6 nitrogen and oxygen atoms in total. The fourth-order valence-electron chi connectivity index (χ4n) is 3.96. The molecule has 2 aliphatic rings. The minimum Gasteiger partial charge on any atom is -0.497 e. The number of methoxy groups -OCH3 is 1. The van der Waals surface area contributed by atoms with E-state index in [9.17, 15) is 9.59 Å². The third kappa shape index (κ3) is 5.64. The molecular formula is C25H30N2O4. The van der Waals surface area contributed by atoms with Gasteiger partial charge in [-0.15, -0.1) is 0 Å². The highest BCUT2D eigenvalue weighted by Gasteiger charge is 2.38. The first-order valence-electron chi connectivity index (χ1n) is 10.9. The molecule has 2 fully saturated rings. The predicted molar refractivity (Wildman–Crippen MR) is 117 cm³/mol. The highest BCUT2D eigenvalue weighted by Crippen LogP contribution is 2.31. The molecule has 0 radical (unpaired) electrons. The minimum atomic E-state index is -0.229. The third-order valence-electron chi connectivity index (χ3n) is 5.87. The van der Waals surface area contributed by atoms with Crippen LogP contribution in [0.25, 0.3) is 0 Å². The average molecular weight is 423 g/mol. The Labute approximate surface area is 183 Å². The van der Waals surface area contributed by atoms with Gasteiger partial charge in [0.15, 0.2) is 0 Å². The fourth-order valence-corrected chi connectivity index (χ4v) is 3.96. The van der Waals surface area contributed by atoms with Gasteiger partial charge in [0.2, 0.25) is 11.8 Å². The van der Waals surface area contributed by atoms with E-state index >= 15 is 0 Å². The molecule has 31 heavy (non-hydrogen) atoms. The first-order valence-corrected chi connectivity index (χ1v) is 10.9.